The maximum atomic E-state index is 5.02. The van der Waals surface area contributed by atoms with Crippen molar-refractivity contribution in [1.29, 1.82) is 0 Å². The summed E-state index contributed by atoms with van der Waals surface area (Å²) in [5, 5.41) is 7.23. The summed E-state index contributed by atoms with van der Waals surface area (Å²) in [5.41, 5.74) is 1.36. The molecule has 4 heteroatoms. The van der Waals surface area contributed by atoms with Crippen LogP contribution in [0, 0.1) is 0 Å². The molecule has 0 aliphatic rings. The average Bonchev–Trinajstić information content (AvgIpc) is 3.00. The summed E-state index contributed by atoms with van der Waals surface area (Å²) in [7, 11) is 0. The molecule has 0 saturated heterocycles. The summed E-state index contributed by atoms with van der Waals surface area (Å²) < 4.78 is 5.02. The van der Waals surface area contributed by atoms with E-state index in [-0.39, 0.29) is 0 Å². The van der Waals surface area contributed by atoms with Crippen LogP contribution in [0.2, 0.25) is 0 Å². The largest absolute Gasteiger partial charge is 0.340 e. The molecule has 0 fully saturated rings. The van der Waals surface area contributed by atoms with Crippen LogP contribution in [-0.4, -0.2) is 16.7 Å². The molecule has 0 aliphatic carbocycles. The Hall–Kier alpha value is -1.68. The Kier molecular flexibility index (Phi) is 6.24. The lowest BCUT2D eigenvalue weighted by Gasteiger charge is -2.18. The third kappa shape index (κ3) is 4.78. The Bertz CT molecular complexity index is 456. The summed E-state index contributed by atoms with van der Waals surface area (Å²) >= 11 is 0. The van der Waals surface area contributed by atoms with Gasteiger partial charge >= 0.3 is 0 Å². The Balaban J connectivity index is 1.85. The first-order chi connectivity index (χ1) is 9.90. The maximum Gasteiger partial charge on any atom is 0.227 e. The van der Waals surface area contributed by atoms with E-state index in [0.717, 1.165) is 13.0 Å². The molecule has 0 saturated carbocycles. The molecule has 4 nitrogen and oxygen atoms in total. The van der Waals surface area contributed by atoms with Crippen LogP contribution in [0.4, 0.5) is 0 Å². The van der Waals surface area contributed by atoms with Crippen LogP contribution < -0.4 is 5.32 Å². The van der Waals surface area contributed by atoms with Crippen molar-refractivity contribution in [3.8, 4) is 0 Å². The fraction of sp³-hybridized carbons (Fsp3) is 0.500. The zero-order valence-corrected chi connectivity index (χ0v) is 12.1. The first-order valence-electron chi connectivity index (χ1n) is 7.44. The van der Waals surface area contributed by atoms with E-state index in [9.17, 15) is 0 Å². The molecule has 1 unspecified atom stereocenters. The van der Waals surface area contributed by atoms with Crippen LogP contribution in [-0.2, 0) is 6.42 Å². The fourth-order valence-corrected chi connectivity index (χ4v) is 2.33. The summed E-state index contributed by atoms with van der Waals surface area (Å²) in [5.74, 6) is 0.692. The number of benzene rings is 1. The van der Waals surface area contributed by atoms with Gasteiger partial charge in [-0.25, -0.2) is 0 Å². The van der Waals surface area contributed by atoms with Crippen molar-refractivity contribution in [3.05, 3.63) is 48.1 Å². The highest BCUT2D eigenvalue weighted by Gasteiger charge is 2.10. The van der Waals surface area contributed by atoms with Gasteiger partial charge in [-0.2, -0.15) is 4.98 Å². The standard InChI is InChI=1S/C16H23N3O/c1-2-3-5-10-15(14-8-6-4-7-9-14)17-12-11-16-18-13-19-20-16/h4,6-9,13,15,17H,2-3,5,10-12H2,1H3. The van der Waals surface area contributed by atoms with E-state index >= 15 is 0 Å². The van der Waals surface area contributed by atoms with Crippen molar-refractivity contribution in [3.63, 3.8) is 0 Å². The predicted octanol–water partition coefficient (Wildman–Crippen LogP) is 3.52. The molecule has 0 amide bonds. The second kappa shape index (κ2) is 8.48. The maximum absolute atomic E-state index is 5.02. The van der Waals surface area contributed by atoms with E-state index in [1.54, 1.807) is 0 Å². The normalized spacial score (nSPS) is 12.4. The molecule has 1 N–H and O–H groups in total. The van der Waals surface area contributed by atoms with Crippen molar-refractivity contribution >= 4 is 0 Å². The van der Waals surface area contributed by atoms with Gasteiger partial charge in [0.25, 0.3) is 0 Å². The summed E-state index contributed by atoms with van der Waals surface area (Å²) in [6.45, 7) is 3.09. The van der Waals surface area contributed by atoms with Crippen LogP contribution >= 0.6 is 0 Å². The van der Waals surface area contributed by atoms with Crippen LogP contribution in [0.3, 0.4) is 0 Å². The van der Waals surface area contributed by atoms with Crippen molar-refractivity contribution in [2.24, 2.45) is 0 Å². The molecule has 1 aromatic carbocycles. The number of hydrogen-bond acceptors (Lipinski definition) is 4. The fourth-order valence-electron chi connectivity index (χ4n) is 2.33. The lowest BCUT2D eigenvalue weighted by molar-refractivity contribution is 0.369. The Morgan fingerprint density at radius 3 is 2.75 bits per heavy atom. The minimum Gasteiger partial charge on any atom is -0.340 e. The van der Waals surface area contributed by atoms with Crippen LogP contribution in [0.1, 0.15) is 50.1 Å². The molecular weight excluding hydrogens is 250 g/mol. The molecule has 2 aromatic rings. The third-order valence-electron chi connectivity index (χ3n) is 3.43. The van der Waals surface area contributed by atoms with Gasteiger partial charge in [-0.05, 0) is 12.0 Å². The smallest absolute Gasteiger partial charge is 0.227 e. The van der Waals surface area contributed by atoms with Crippen molar-refractivity contribution < 1.29 is 4.52 Å². The second-order valence-corrected chi connectivity index (χ2v) is 5.00. The highest BCUT2D eigenvalue weighted by Crippen LogP contribution is 2.19. The van der Waals surface area contributed by atoms with Gasteiger partial charge in [0, 0.05) is 19.0 Å². The van der Waals surface area contributed by atoms with E-state index in [2.05, 4.69) is 52.7 Å². The zero-order valence-electron chi connectivity index (χ0n) is 12.1. The average molecular weight is 273 g/mol. The number of nitrogens with one attached hydrogen (secondary N) is 1. The van der Waals surface area contributed by atoms with Crippen LogP contribution in [0.15, 0.2) is 41.2 Å². The number of rotatable bonds is 9. The van der Waals surface area contributed by atoms with Crippen molar-refractivity contribution in [2.45, 2.75) is 45.1 Å². The lowest BCUT2D eigenvalue weighted by atomic mass is 10.0. The van der Waals surface area contributed by atoms with Gasteiger partial charge < -0.3 is 9.84 Å². The van der Waals surface area contributed by atoms with Gasteiger partial charge in [-0.3, -0.25) is 0 Å². The van der Waals surface area contributed by atoms with Gasteiger partial charge in [-0.1, -0.05) is 61.7 Å². The topological polar surface area (TPSA) is 51.0 Å². The molecule has 1 aromatic heterocycles. The first-order valence-corrected chi connectivity index (χ1v) is 7.44. The number of hydrogen-bond donors (Lipinski definition) is 1. The monoisotopic (exact) mass is 273 g/mol. The van der Waals surface area contributed by atoms with Crippen molar-refractivity contribution in [2.75, 3.05) is 6.54 Å². The van der Waals surface area contributed by atoms with Gasteiger partial charge in [0.2, 0.25) is 5.89 Å². The molecule has 1 heterocycles. The highest BCUT2D eigenvalue weighted by atomic mass is 16.5. The van der Waals surface area contributed by atoms with E-state index < -0.39 is 0 Å². The Morgan fingerprint density at radius 2 is 2.05 bits per heavy atom. The van der Waals surface area contributed by atoms with Crippen LogP contribution in [0.25, 0.3) is 0 Å². The zero-order chi connectivity index (χ0) is 14.0. The van der Waals surface area contributed by atoms with Gasteiger partial charge in [0.15, 0.2) is 6.33 Å². The molecular formula is C16H23N3O. The van der Waals surface area contributed by atoms with E-state index in [1.165, 1.54) is 37.6 Å². The lowest BCUT2D eigenvalue weighted by Crippen LogP contribution is -2.24. The summed E-state index contributed by atoms with van der Waals surface area (Å²) in [6, 6.07) is 11.0. The van der Waals surface area contributed by atoms with Gasteiger partial charge in [-0.15, -0.1) is 0 Å². The van der Waals surface area contributed by atoms with E-state index in [0.29, 0.717) is 11.9 Å². The molecule has 108 valence electrons. The molecule has 2 rings (SSSR count). The minimum atomic E-state index is 0.408. The molecule has 0 spiro atoms. The van der Waals surface area contributed by atoms with Crippen molar-refractivity contribution in [1.82, 2.24) is 15.5 Å². The highest BCUT2D eigenvalue weighted by molar-refractivity contribution is 5.18. The Morgan fingerprint density at radius 1 is 1.20 bits per heavy atom. The van der Waals surface area contributed by atoms with E-state index in [4.69, 9.17) is 4.52 Å². The quantitative estimate of drug-likeness (QED) is 0.710. The molecule has 0 radical (unpaired) electrons. The summed E-state index contributed by atoms with van der Waals surface area (Å²) in [6.07, 6.45) is 7.19. The van der Waals surface area contributed by atoms with Gasteiger partial charge in [0.1, 0.15) is 0 Å². The number of unbranched alkanes of at least 4 members (excludes halogenated alkanes) is 2. The first kappa shape index (κ1) is 14.7. The third-order valence-corrected chi connectivity index (χ3v) is 3.43. The van der Waals surface area contributed by atoms with Crippen LogP contribution in [0.5, 0.6) is 0 Å². The minimum absolute atomic E-state index is 0.408. The second-order valence-electron chi connectivity index (χ2n) is 5.00. The molecule has 0 aliphatic heterocycles. The number of nitrogens with zero attached hydrogens (tertiary/aromatic N) is 2. The predicted molar refractivity (Wildman–Crippen MR) is 79.3 cm³/mol. The summed E-state index contributed by atoms with van der Waals surface area (Å²) in [4.78, 5) is 4.04. The molecule has 0 bridgehead atoms. The molecule has 20 heavy (non-hydrogen) atoms. The molecule has 1 atom stereocenters. The van der Waals surface area contributed by atoms with Gasteiger partial charge in [0.05, 0.1) is 0 Å². The Labute approximate surface area is 120 Å². The SMILES string of the molecule is CCCCCC(NCCc1ncno1)c1ccccc1. The van der Waals surface area contributed by atoms with E-state index in [1.807, 2.05) is 0 Å². The number of aromatic nitrogens is 2.